The molecule has 0 aliphatic carbocycles. The SMILES string of the molecule is CC(C)(C)NC(=O)N1CCc2sccc2C1C(=O)O. The summed E-state index contributed by atoms with van der Waals surface area (Å²) in [5.41, 5.74) is 0.363. The fourth-order valence-corrected chi connectivity index (χ4v) is 3.10. The Labute approximate surface area is 116 Å². The number of rotatable bonds is 1. The van der Waals surface area contributed by atoms with Crippen molar-refractivity contribution in [3.8, 4) is 0 Å². The van der Waals surface area contributed by atoms with Crippen molar-refractivity contribution in [3.63, 3.8) is 0 Å². The molecule has 1 unspecified atom stereocenters. The zero-order valence-corrected chi connectivity index (χ0v) is 12.1. The van der Waals surface area contributed by atoms with E-state index in [1.807, 2.05) is 26.2 Å². The van der Waals surface area contributed by atoms with Crippen LogP contribution in [-0.2, 0) is 11.2 Å². The van der Waals surface area contributed by atoms with E-state index in [2.05, 4.69) is 5.32 Å². The number of carbonyl (C=O) groups excluding carboxylic acids is 1. The van der Waals surface area contributed by atoms with E-state index in [4.69, 9.17) is 0 Å². The number of carbonyl (C=O) groups is 2. The molecule has 0 bridgehead atoms. The number of nitrogens with one attached hydrogen (secondary N) is 1. The first-order valence-corrected chi connectivity index (χ1v) is 7.05. The van der Waals surface area contributed by atoms with Crippen LogP contribution in [-0.4, -0.2) is 34.1 Å². The largest absolute Gasteiger partial charge is 0.479 e. The third kappa shape index (κ3) is 2.89. The molecule has 104 valence electrons. The summed E-state index contributed by atoms with van der Waals surface area (Å²) in [4.78, 5) is 26.2. The molecule has 2 N–H and O–H groups in total. The zero-order valence-electron chi connectivity index (χ0n) is 11.3. The van der Waals surface area contributed by atoms with E-state index in [9.17, 15) is 14.7 Å². The lowest BCUT2D eigenvalue weighted by Gasteiger charge is -2.35. The van der Waals surface area contributed by atoms with Crippen molar-refractivity contribution < 1.29 is 14.7 Å². The molecule has 1 atom stereocenters. The van der Waals surface area contributed by atoms with E-state index in [1.165, 1.54) is 4.90 Å². The number of thiophene rings is 1. The molecule has 6 heteroatoms. The molecule has 1 aliphatic rings. The number of carboxylic acid groups (broad SMARTS) is 1. The Kier molecular flexibility index (Phi) is 3.54. The quantitative estimate of drug-likeness (QED) is 0.830. The van der Waals surface area contributed by atoms with Crippen molar-refractivity contribution in [1.82, 2.24) is 10.2 Å². The monoisotopic (exact) mass is 282 g/mol. The molecule has 0 radical (unpaired) electrons. The Morgan fingerprint density at radius 3 is 2.74 bits per heavy atom. The van der Waals surface area contributed by atoms with Gasteiger partial charge in [-0.15, -0.1) is 11.3 Å². The molecule has 1 aromatic heterocycles. The topological polar surface area (TPSA) is 69.6 Å². The minimum atomic E-state index is -0.983. The standard InChI is InChI=1S/C13H18N2O3S/c1-13(2,3)14-12(18)15-6-4-9-8(5-7-19-9)10(15)11(16)17/h5,7,10H,4,6H2,1-3H3,(H,14,18)(H,16,17). The third-order valence-electron chi connectivity index (χ3n) is 2.94. The minimum absolute atomic E-state index is 0.322. The van der Waals surface area contributed by atoms with Gasteiger partial charge in [0.2, 0.25) is 0 Å². The van der Waals surface area contributed by atoms with Gasteiger partial charge in [-0.1, -0.05) is 0 Å². The Morgan fingerprint density at radius 2 is 2.16 bits per heavy atom. The fourth-order valence-electron chi connectivity index (χ4n) is 2.19. The molecule has 1 aliphatic heterocycles. The molecule has 0 fully saturated rings. The van der Waals surface area contributed by atoms with Gasteiger partial charge in [-0.05, 0) is 44.2 Å². The van der Waals surface area contributed by atoms with Gasteiger partial charge in [-0.2, -0.15) is 0 Å². The van der Waals surface area contributed by atoms with Gasteiger partial charge in [-0.3, -0.25) is 0 Å². The lowest BCUT2D eigenvalue weighted by Crippen LogP contribution is -2.52. The van der Waals surface area contributed by atoms with Crippen molar-refractivity contribution in [2.45, 2.75) is 38.8 Å². The molecule has 2 amide bonds. The molecule has 0 aromatic carbocycles. The average Bonchev–Trinajstić information content (AvgIpc) is 2.72. The van der Waals surface area contributed by atoms with Gasteiger partial charge in [0, 0.05) is 17.0 Å². The van der Waals surface area contributed by atoms with Crippen molar-refractivity contribution in [2.24, 2.45) is 0 Å². The van der Waals surface area contributed by atoms with E-state index >= 15 is 0 Å². The zero-order chi connectivity index (χ0) is 14.2. The van der Waals surface area contributed by atoms with Crippen LogP contribution in [0.1, 0.15) is 37.3 Å². The van der Waals surface area contributed by atoms with Gasteiger partial charge in [0.1, 0.15) is 0 Å². The number of hydrogen-bond donors (Lipinski definition) is 2. The number of aliphatic carboxylic acids is 1. The Bertz CT molecular complexity index is 504. The molecular weight excluding hydrogens is 264 g/mol. The Balaban J connectivity index is 2.27. The summed E-state index contributed by atoms with van der Waals surface area (Å²) in [6.07, 6.45) is 0.717. The molecule has 1 aromatic rings. The summed E-state index contributed by atoms with van der Waals surface area (Å²) in [5.74, 6) is -0.983. The van der Waals surface area contributed by atoms with Gasteiger partial charge in [-0.25, -0.2) is 9.59 Å². The van der Waals surface area contributed by atoms with Gasteiger partial charge >= 0.3 is 12.0 Å². The second-order valence-corrected chi connectivity index (χ2v) is 6.66. The van der Waals surface area contributed by atoms with Crippen LogP contribution in [0.25, 0.3) is 0 Å². The molecule has 0 saturated carbocycles. The summed E-state index contributed by atoms with van der Waals surface area (Å²) in [5, 5.41) is 14.1. The molecule has 19 heavy (non-hydrogen) atoms. The predicted octanol–water partition coefficient (Wildman–Crippen LogP) is 2.24. The summed E-state index contributed by atoms with van der Waals surface area (Å²) in [6, 6.07) is 0.601. The number of carboxylic acids is 1. The fraction of sp³-hybridized carbons (Fsp3) is 0.538. The lowest BCUT2D eigenvalue weighted by molar-refractivity contribution is -0.142. The van der Waals surface area contributed by atoms with Crippen molar-refractivity contribution >= 4 is 23.3 Å². The van der Waals surface area contributed by atoms with Crippen LogP contribution in [0.5, 0.6) is 0 Å². The number of nitrogens with zero attached hydrogens (tertiary/aromatic N) is 1. The number of fused-ring (bicyclic) bond motifs is 1. The van der Waals surface area contributed by atoms with Crippen LogP contribution >= 0.6 is 11.3 Å². The average molecular weight is 282 g/mol. The first kappa shape index (κ1) is 13.9. The van der Waals surface area contributed by atoms with Gasteiger partial charge in [0.25, 0.3) is 0 Å². The van der Waals surface area contributed by atoms with E-state index in [0.29, 0.717) is 13.0 Å². The van der Waals surface area contributed by atoms with E-state index in [0.717, 1.165) is 10.4 Å². The number of amides is 2. The van der Waals surface area contributed by atoms with Crippen molar-refractivity contribution in [2.75, 3.05) is 6.54 Å². The highest BCUT2D eigenvalue weighted by atomic mass is 32.1. The maximum atomic E-state index is 12.2. The lowest BCUT2D eigenvalue weighted by atomic mass is 10.0. The van der Waals surface area contributed by atoms with Crippen LogP contribution in [0, 0.1) is 0 Å². The second-order valence-electron chi connectivity index (χ2n) is 5.66. The second kappa shape index (κ2) is 4.85. The van der Waals surface area contributed by atoms with Gasteiger partial charge in [0.15, 0.2) is 6.04 Å². The molecule has 2 rings (SSSR count). The summed E-state index contributed by atoms with van der Waals surface area (Å²) in [7, 11) is 0. The van der Waals surface area contributed by atoms with E-state index in [1.54, 1.807) is 17.4 Å². The first-order valence-electron chi connectivity index (χ1n) is 6.17. The maximum absolute atomic E-state index is 12.2. The predicted molar refractivity (Wildman–Crippen MR) is 73.4 cm³/mol. The Morgan fingerprint density at radius 1 is 1.47 bits per heavy atom. The summed E-state index contributed by atoms with van der Waals surface area (Å²) >= 11 is 1.55. The normalized spacial score (nSPS) is 18.9. The highest BCUT2D eigenvalue weighted by Gasteiger charge is 2.37. The van der Waals surface area contributed by atoms with Crippen LogP contribution < -0.4 is 5.32 Å². The molecule has 0 spiro atoms. The smallest absolute Gasteiger partial charge is 0.331 e. The number of urea groups is 1. The summed E-state index contributed by atoms with van der Waals surface area (Å²) < 4.78 is 0. The van der Waals surface area contributed by atoms with Gasteiger partial charge in [0.05, 0.1) is 0 Å². The van der Waals surface area contributed by atoms with Crippen LogP contribution in [0.15, 0.2) is 11.4 Å². The highest BCUT2D eigenvalue weighted by molar-refractivity contribution is 7.10. The van der Waals surface area contributed by atoms with Crippen LogP contribution in [0.2, 0.25) is 0 Å². The minimum Gasteiger partial charge on any atom is -0.479 e. The van der Waals surface area contributed by atoms with Crippen LogP contribution in [0.4, 0.5) is 4.79 Å². The molecular formula is C13H18N2O3S. The highest BCUT2D eigenvalue weighted by Crippen LogP contribution is 2.33. The number of hydrogen-bond acceptors (Lipinski definition) is 3. The van der Waals surface area contributed by atoms with Crippen LogP contribution in [0.3, 0.4) is 0 Å². The van der Waals surface area contributed by atoms with Crippen molar-refractivity contribution in [1.29, 1.82) is 0 Å². The first-order chi connectivity index (χ1) is 8.79. The summed E-state index contributed by atoms with van der Waals surface area (Å²) in [6.45, 7) is 6.06. The molecule has 2 heterocycles. The third-order valence-corrected chi connectivity index (χ3v) is 3.94. The van der Waals surface area contributed by atoms with E-state index in [-0.39, 0.29) is 11.6 Å². The molecule has 0 saturated heterocycles. The maximum Gasteiger partial charge on any atom is 0.331 e. The van der Waals surface area contributed by atoms with E-state index < -0.39 is 12.0 Å². The van der Waals surface area contributed by atoms with Crippen molar-refractivity contribution in [3.05, 3.63) is 21.9 Å². The van der Waals surface area contributed by atoms with Gasteiger partial charge < -0.3 is 15.3 Å². The molecule has 5 nitrogen and oxygen atoms in total. The Hall–Kier alpha value is -1.56.